The third-order valence-corrected chi connectivity index (χ3v) is 10.4. The molecule has 0 aliphatic carbocycles. The number of carbonyl (C=O) groups excluding carboxylic acids is 2. The molecule has 3 fully saturated rings. The van der Waals surface area contributed by atoms with Gasteiger partial charge in [-0.05, 0) is 60.7 Å². The number of halogens is 1. The van der Waals surface area contributed by atoms with E-state index in [0.717, 1.165) is 47.7 Å². The molecule has 2 N–H and O–H groups in total. The summed E-state index contributed by atoms with van der Waals surface area (Å²) in [5.41, 5.74) is 0. The summed E-state index contributed by atoms with van der Waals surface area (Å²) in [6, 6.07) is 10.0. The Balaban J connectivity index is 1.18. The fourth-order valence-electron chi connectivity index (χ4n) is 6.13. The molecule has 10 nitrogen and oxygen atoms in total. The number of amides is 2. The SMILES string of the molecule is CC(=O)N1CCN(C[C@@H]2CCCN2C(=O)CN2CCC[C@H](NS(=O)(=O)c3ccc4cc(Br)ccc4c3)C2O)CC1. The van der Waals surface area contributed by atoms with Gasteiger partial charge in [0, 0.05) is 63.3 Å². The van der Waals surface area contributed by atoms with Crippen molar-refractivity contribution < 1.29 is 23.1 Å². The summed E-state index contributed by atoms with van der Waals surface area (Å²) in [6.45, 7) is 6.69. The van der Waals surface area contributed by atoms with E-state index in [4.69, 9.17) is 0 Å². The van der Waals surface area contributed by atoms with Gasteiger partial charge in [-0.15, -0.1) is 0 Å². The fourth-order valence-corrected chi connectivity index (χ4v) is 7.82. The first-order valence-corrected chi connectivity index (χ1v) is 16.3. The number of rotatable bonds is 7. The molecule has 1 unspecified atom stereocenters. The van der Waals surface area contributed by atoms with Crippen LogP contribution in [0.4, 0.5) is 0 Å². The van der Waals surface area contributed by atoms with Crippen LogP contribution >= 0.6 is 15.9 Å². The molecule has 0 saturated carbocycles. The van der Waals surface area contributed by atoms with Crippen molar-refractivity contribution in [2.45, 2.75) is 55.8 Å². The van der Waals surface area contributed by atoms with Crippen LogP contribution in [0, 0.1) is 0 Å². The van der Waals surface area contributed by atoms with Crippen molar-refractivity contribution >= 4 is 48.5 Å². The van der Waals surface area contributed by atoms with E-state index >= 15 is 0 Å². The summed E-state index contributed by atoms with van der Waals surface area (Å²) in [6.07, 6.45) is 1.95. The molecule has 218 valence electrons. The lowest BCUT2D eigenvalue weighted by atomic mass is 10.0. The predicted octanol–water partition coefficient (Wildman–Crippen LogP) is 1.82. The van der Waals surface area contributed by atoms with Crippen LogP contribution in [-0.4, -0.2) is 116 Å². The van der Waals surface area contributed by atoms with Crippen molar-refractivity contribution in [2.75, 3.05) is 52.4 Å². The van der Waals surface area contributed by atoms with Crippen molar-refractivity contribution in [3.63, 3.8) is 0 Å². The predicted molar refractivity (Wildman–Crippen MR) is 156 cm³/mol. The van der Waals surface area contributed by atoms with Crippen molar-refractivity contribution in [1.82, 2.24) is 24.3 Å². The van der Waals surface area contributed by atoms with Crippen LogP contribution in [0.1, 0.15) is 32.6 Å². The Kier molecular flexibility index (Phi) is 9.13. The molecular weight excluding hydrogens is 598 g/mol. The smallest absolute Gasteiger partial charge is 0.240 e. The maximum atomic E-state index is 13.4. The first-order chi connectivity index (χ1) is 19.1. The number of nitrogens with zero attached hydrogens (tertiary/aromatic N) is 4. The number of carbonyl (C=O) groups is 2. The van der Waals surface area contributed by atoms with Gasteiger partial charge >= 0.3 is 0 Å². The van der Waals surface area contributed by atoms with Crippen molar-refractivity contribution in [2.24, 2.45) is 0 Å². The molecular formula is C28H38BrN5O5S. The summed E-state index contributed by atoms with van der Waals surface area (Å²) in [5.74, 6) is 0.0665. The molecule has 3 aliphatic rings. The minimum absolute atomic E-state index is 0.0341. The topological polar surface area (TPSA) is 114 Å². The number of piperazine rings is 1. The summed E-state index contributed by atoms with van der Waals surface area (Å²) in [5, 5.41) is 12.8. The van der Waals surface area contributed by atoms with E-state index in [-0.39, 0.29) is 29.3 Å². The van der Waals surface area contributed by atoms with Gasteiger partial charge in [0.25, 0.3) is 0 Å². The van der Waals surface area contributed by atoms with E-state index < -0.39 is 22.3 Å². The molecule has 3 heterocycles. The van der Waals surface area contributed by atoms with E-state index in [0.29, 0.717) is 39.0 Å². The maximum absolute atomic E-state index is 13.4. The Hall–Kier alpha value is -2.09. The zero-order valence-corrected chi connectivity index (χ0v) is 25.2. The number of sulfonamides is 1. The fraction of sp³-hybridized carbons (Fsp3) is 0.571. The maximum Gasteiger partial charge on any atom is 0.240 e. The highest BCUT2D eigenvalue weighted by molar-refractivity contribution is 9.10. The Bertz CT molecular complexity index is 1350. The van der Waals surface area contributed by atoms with Gasteiger partial charge < -0.3 is 14.9 Å². The zero-order valence-electron chi connectivity index (χ0n) is 22.8. The first-order valence-electron chi connectivity index (χ1n) is 14.0. The van der Waals surface area contributed by atoms with E-state index in [1.165, 1.54) is 0 Å². The standard InChI is InChI=1S/C28H38BrN5O5S/c1-20(35)32-14-12-31(13-15-32)18-24-4-2-11-34(24)27(36)19-33-10-3-5-26(28(33)37)30-40(38,39)25-9-7-21-16-23(29)8-6-22(21)17-25/h6-9,16-17,24,26,28,30,37H,2-5,10-15,18-19H2,1H3/t24-,26-,28?/m0/s1. The second-order valence-electron chi connectivity index (χ2n) is 11.1. The van der Waals surface area contributed by atoms with E-state index in [1.54, 1.807) is 30.0 Å². The van der Waals surface area contributed by atoms with Crippen LogP contribution < -0.4 is 4.72 Å². The molecule has 0 spiro atoms. The number of aliphatic hydroxyl groups excluding tert-OH is 1. The van der Waals surface area contributed by atoms with Crippen LogP contribution in [0.2, 0.25) is 0 Å². The monoisotopic (exact) mass is 635 g/mol. The van der Waals surface area contributed by atoms with Crippen LogP contribution in [0.3, 0.4) is 0 Å². The molecule has 2 aromatic rings. The molecule has 0 bridgehead atoms. The molecule has 3 saturated heterocycles. The zero-order chi connectivity index (χ0) is 28.4. The molecule has 3 aliphatic heterocycles. The quantitative estimate of drug-likeness (QED) is 0.477. The van der Waals surface area contributed by atoms with E-state index in [9.17, 15) is 23.1 Å². The molecule has 0 radical (unpaired) electrons. The second-order valence-corrected chi connectivity index (χ2v) is 13.7. The van der Waals surface area contributed by atoms with Crippen molar-refractivity contribution in [3.8, 4) is 0 Å². The highest BCUT2D eigenvalue weighted by Gasteiger charge is 2.37. The van der Waals surface area contributed by atoms with E-state index in [2.05, 4.69) is 25.6 Å². The Morgan fingerprint density at radius 1 is 0.975 bits per heavy atom. The van der Waals surface area contributed by atoms with Gasteiger partial charge in [-0.1, -0.05) is 28.1 Å². The number of hydrogen-bond donors (Lipinski definition) is 2. The largest absolute Gasteiger partial charge is 0.377 e. The third kappa shape index (κ3) is 6.69. The number of fused-ring (bicyclic) bond motifs is 1. The highest BCUT2D eigenvalue weighted by Crippen LogP contribution is 2.25. The molecule has 2 amide bonds. The van der Waals surface area contributed by atoms with Crippen LogP contribution in [0.5, 0.6) is 0 Å². The average Bonchev–Trinajstić information content (AvgIpc) is 3.39. The first kappa shape index (κ1) is 29.4. The summed E-state index contributed by atoms with van der Waals surface area (Å²) in [7, 11) is -3.87. The van der Waals surface area contributed by atoms with Gasteiger partial charge in [0.2, 0.25) is 21.8 Å². The summed E-state index contributed by atoms with van der Waals surface area (Å²) in [4.78, 5) is 32.9. The van der Waals surface area contributed by atoms with E-state index in [1.807, 2.05) is 28.0 Å². The molecule has 40 heavy (non-hydrogen) atoms. The lowest BCUT2D eigenvalue weighted by Gasteiger charge is -2.40. The lowest BCUT2D eigenvalue weighted by Crippen LogP contribution is -2.58. The molecule has 12 heteroatoms. The number of hydrogen-bond acceptors (Lipinski definition) is 7. The summed E-state index contributed by atoms with van der Waals surface area (Å²) >= 11 is 3.43. The molecule has 3 atom stereocenters. The van der Waals surface area contributed by atoms with Crippen molar-refractivity contribution in [3.05, 3.63) is 40.9 Å². The molecule has 2 aromatic carbocycles. The Labute approximate surface area is 244 Å². The highest BCUT2D eigenvalue weighted by atomic mass is 79.9. The normalized spacial score (nSPS) is 25.0. The van der Waals surface area contributed by atoms with Crippen LogP contribution in [-0.2, 0) is 19.6 Å². The number of aliphatic hydroxyl groups is 1. The average molecular weight is 637 g/mol. The third-order valence-electron chi connectivity index (χ3n) is 8.41. The Morgan fingerprint density at radius 2 is 1.68 bits per heavy atom. The number of benzene rings is 2. The Morgan fingerprint density at radius 3 is 2.42 bits per heavy atom. The van der Waals surface area contributed by atoms with Gasteiger partial charge in [-0.2, -0.15) is 0 Å². The minimum atomic E-state index is -3.87. The van der Waals surface area contributed by atoms with Crippen molar-refractivity contribution in [1.29, 1.82) is 0 Å². The van der Waals surface area contributed by atoms with Gasteiger partial charge in [0.05, 0.1) is 17.5 Å². The molecule has 0 aromatic heterocycles. The lowest BCUT2D eigenvalue weighted by molar-refractivity contribution is -0.138. The van der Waals surface area contributed by atoms with Gasteiger partial charge in [-0.3, -0.25) is 19.4 Å². The van der Waals surface area contributed by atoms with Gasteiger partial charge in [0.1, 0.15) is 6.23 Å². The van der Waals surface area contributed by atoms with Crippen LogP contribution in [0.25, 0.3) is 10.8 Å². The minimum Gasteiger partial charge on any atom is -0.377 e. The molecule has 5 rings (SSSR count). The number of piperidine rings is 1. The second kappa shape index (κ2) is 12.4. The van der Waals surface area contributed by atoms with Gasteiger partial charge in [-0.25, -0.2) is 13.1 Å². The summed E-state index contributed by atoms with van der Waals surface area (Å²) < 4.78 is 30.1. The number of likely N-dealkylation sites (tertiary alicyclic amines) is 2. The number of nitrogens with one attached hydrogen (secondary N) is 1. The van der Waals surface area contributed by atoms with Crippen LogP contribution in [0.15, 0.2) is 45.8 Å². The van der Waals surface area contributed by atoms with Gasteiger partial charge in [0.15, 0.2) is 0 Å².